The van der Waals surface area contributed by atoms with E-state index >= 15 is 0 Å². The van der Waals surface area contributed by atoms with E-state index in [0.29, 0.717) is 0 Å². The quantitative estimate of drug-likeness (QED) is 0.691. The molecule has 1 fully saturated rings. The third-order valence-corrected chi connectivity index (χ3v) is 5.28. The van der Waals surface area contributed by atoms with Crippen molar-refractivity contribution < 1.29 is 4.39 Å². The SMILES string of the molecule is CCc1ccccc1Nc1cc(N2CCN(c3ccc(F)cc3)CC2)nc(C)n1. The number of piperazine rings is 1. The van der Waals surface area contributed by atoms with Crippen LogP contribution < -0.4 is 15.1 Å². The van der Waals surface area contributed by atoms with Crippen LogP contribution in [0, 0.1) is 12.7 Å². The van der Waals surface area contributed by atoms with Crippen molar-refractivity contribution in [3.63, 3.8) is 0 Å². The number of aromatic nitrogens is 2. The highest BCUT2D eigenvalue weighted by molar-refractivity contribution is 5.63. The summed E-state index contributed by atoms with van der Waals surface area (Å²) in [5.74, 6) is 2.30. The van der Waals surface area contributed by atoms with Crippen LogP contribution in [-0.2, 0) is 6.42 Å². The molecule has 2 aromatic carbocycles. The van der Waals surface area contributed by atoms with Crippen molar-refractivity contribution in [2.45, 2.75) is 20.3 Å². The van der Waals surface area contributed by atoms with Crippen LogP contribution in [0.2, 0.25) is 0 Å². The molecule has 0 spiro atoms. The zero-order valence-electron chi connectivity index (χ0n) is 16.9. The molecule has 29 heavy (non-hydrogen) atoms. The molecule has 5 nitrogen and oxygen atoms in total. The first-order valence-corrected chi connectivity index (χ1v) is 10.1. The van der Waals surface area contributed by atoms with Crippen LogP contribution in [0.15, 0.2) is 54.6 Å². The summed E-state index contributed by atoms with van der Waals surface area (Å²) < 4.78 is 13.2. The molecule has 2 heterocycles. The fraction of sp³-hybridized carbons (Fsp3) is 0.304. The molecule has 1 saturated heterocycles. The maximum atomic E-state index is 13.2. The van der Waals surface area contributed by atoms with Gasteiger partial charge in [0.15, 0.2) is 0 Å². The number of rotatable bonds is 5. The highest BCUT2D eigenvalue weighted by Crippen LogP contribution is 2.24. The van der Waals surface area contributed by atoms with Gasteiger partial charge in [0.2, 0.25) is 0 Å². The second-order valence-electron chi connectivity index (χ2n) is 7.24. The van der Waals surface area contributed by atoms with E-state index in [1.54, 1.807) is 0 Å². The van der Waals surface area contributed by atoms with Gasteiger partial charge >= 0.3 is 0 Å². The Bertz CT molecular complexity index is 965. The fourth-order valence-corrected chi connectivity index (χ4v) is 3.71. The molecule has 1 aromatic heterocycles. The molecule has 150 valence electrons. The second kappa shape index (κ2) is 8.47. The Labute approximate surface area is 171 Å². The molecule has 3 aromatic rings. The summed E-state index contributed by atoms with van der Waals surface area (Å²) in [5, 5.41) is 3.46. The molecule has 0 amide bonds. The summed E-state index contributed by atoms with van der Waals surface area (Å²) >= 11 is 0. The van der Waals surface area contributed by atoms with Gasteiger partial charge < -0.3 is 15.1 Å². The summed E-state index contributed by atoms with van der Waals surface area (Å²) in [4.78, 5) is 13.8. The minimum atomic E-state index is -0.200. The highest BCUT2D eigenvalue weighted by Gasteiger charge is 2.19. The molecule has 0 atom stereocenters. The molecular formula is C23H26FN5. The van der Waals surface area contributed by atoms with Gasteiger partial charge in [0.25, 0.3) is 0 Å². The van der Waals surface area contributed by atoms with Crippen molar-refractivity contribution >= 4 is 23.0 Å². The fourth-order valence-electron chi connectivity index (χ4n) is 3.71. The zero-order chi connectivity index (χ0) is 20.2. The van der Waals surface area contributed by atoms with E-state index < -0.39 is 0 Å². The number of anilines is 4. The number of para-hydroxylation sites is 1. The third-order valence-electron chi connectivity index (χ3n) is 5.28. The van der Waals surface area contributed by atoms with Crippen LogP contribution in [0.1, 0.15) is 18.3 Å². The molecule has 1 aliphatic heterocycles. The van der Waals surface area contributed by atoms with E-state index in [1.807, 2.05) is 31.2 Å². The summed E-state index contributed by atoms with van der Waals surface area (Å²) in [5.41, 5.74) is 3.40. The molecule has 6 heteroatoms. The van der Waals surface area contributed by atoms with Gasteiger partial charge in [-0.25, -0.2) is 14.4 Å². The molecule has 0 unspecified atom stereocenters. The Morgan fingerprint density at radius 3 is 2.34 bits per heavy atom. The third kappa shape index (κ3) is 4.47. The second-order valence-corrected chi connectivity index (χ2v) is 7.24. The van der Waals surface area contributed by atoms with Gasteiger partial charge in [-0.3, -0.25) is 0 Å². The summed E-state index contributed by atoms with van der Waals surface area (Å²) in [6.45, 7) is 7.54. The van der Waals surface area contributed by atoms with Crippen LogP contribution >= 0.6 is 0 Å². The largest absolute Gasteiger partial charge is 0.368 e. The lowest BCUT2D eigenvalue weighted by Crippen LogP contribution is -2.46. The number of halogens is 1. The van der Waals surface area contributed by atoms with Crippen molar-refractivity contribution in [1.29, 1.82) is 0 Å². The number of nitrogens with one attached hydrogen (secondary N) is 1. The maximum absolute atomic E-state index is 13.2. The molecule has 4 rings (SSSR count). The van der Waals surface area contributed by atoms with Crippen molar-refractivity contribution in [3.8, 4) is 0 Å². The van der Waals surface area contributed by atoms with Gasteiger partial charge in [-0.15, -0.1) is 0 Å². The molecule has 1 aliphatic rings. The molecule has 1 N–H and O–H groups in total. The Hall–Kier alpha value is -3.15. The lowest BCUT2D eigenvalue weighted by molar-refractivity contribution is 0.624. The molecule has 0 aliphatic carbocycles. The van der Waals surface area contributed by atoms with Gasteiger partial charge in [-0.1, -0.05) is 25.1 Å². The predicted molar refractivity (Wildman–Crippen MR) is 117 cm³/mol. The number of hydrogen-bond acceptors (Lipinski definition) is 5. The van der Waals surface area contributed by atoms with Crippen LogP contribution in [-0.4, -0.2) is 36.1 Å². The Balaban J connectivity index is 1.47. The van der Waals surface area contributed by atoms with Crippen molar-refractivity contribution in [2.75, 3.05) is 41.3 Å². The highest BCUT2D eigenvalue weighted by atomic mass is 19.1. The van der Waals surface area contributed by atoms with E-state index in [-0.39, 0.29) is 5.82 Å². The zero-order valence-corrected chi connectivity index (χ0v) is 16.9. The van der Waals surface area contributed by atoms with Crippen LogP contribution in [0.25, 0.3) is 0 Å². The van der Waals surface area contributed by atoms with Gasteiger partial charge in [0, 0.05) is 43.6 Å². The Morgan fingerprint density at radius 1 is 0.931 bits per heavy atom. The molecule has 0 radical (unpaired) electrons. The molecule has 0 bridgehead atoms. The molecule has 0 saturated carbocycles. The molecular weight excluding hydrogens is 365 g/mol. The van der Waals surface area contributed by atoms with E-state index in [2.05, 4.69) is 50.2 Å². The Kier molecular flexibility index (Phi) is 5.60. The predicted octanol–water partition coefficient (Wildman–Crippen LogP) is 4.56. The topological polar surface area (TPSA) is 44.3 Å². The van der Waals surface area contributed by atoms with Gasteiger partial charge in [0.05, 0.1) is 0 Å². The first kappa shape index (κ1) is 19.2. The van der Waals surface area contributed by atoms with Crippen LogP contribution in [0.3, 0.4) is 0 Å². The van der Waals surface area contributed by atoms with Crippen molar-refractivity contribution in [3.05, 3.63) is 71.8 Å². The summed E-state index contributed by atoms with van der Waals surface area (Å²) in [6, 6.07) is 17.0. The smallest absolute Gasteiger partial charge is 0.136 e. The number of aryl methyl sites for hydroxylation is 2. The number of hydrogen-bond donors (Lipinski definition) is 1. The lowest BCUT2D eigenvalue weighted by atomic mass is 10.1. The first-order chi connectivity index (χ1) is 14.1. The normalized spacial score (nSPS) is 14.2. The van der Waals surface area contributed by atoms with E-state index in [0.717, 1.165) is 61.4 Å². The monoisotopic (exact) mass is 391 g/mol. The lowest BCUT2D eigenvalue weighted by Gasteiger charge is -2.36. The minimum absolute atomic E-state index is 0.200. The standard InChI is InChI=1S/C23H26FN5/c1-3-18-6-4-5-7-21(18)27-22-16-23(26-17(2)25-22)29-14-12-28(13-15-29)20-10-8-19(24)9-11-20/h4-11,16H,3,12-15H2,1-2H3,(H,25,26,27). The number of benzene rings is 2. The van der Waals surface area contributed by atoms with Gasteiger partial charge in [0.1, 0.15) is 23.3 Å². The first-order valence-electron chi connectivity index (χ1n) is 10.1. The van der Waals surface area contributed by atoms with Crippen LogP contribution in [0.5, 0.6) is 0 Å². The summed E-state index contributed by atoms with van der Waals surface area (Å²) in [6.07, 6.45) is 0.964. The average molecular weight is 391 g/mol. The average Bonchev–Trinajstić information content (AvgIpc) is 2.74. The Morgan fingerprint density at radius 2 is 1.62 bits per heavy atom. The van der Waals surface area contributed by atoms with Gasteiger partial charge in [-0.05, 0) is 49.2 Å². The van der Waals surface area contributed by atoms with Crippen LogP contribution in [0.4, 0.5) is 27.4 Å². The van der Waals surface area contributed by atoms with Crippen molar-refractivity contribution in [1.82, 2.24) is 9.97 Å². The summed E-state index contributed by atoms with van der Waals surface area (Å²) in [7, 11) is 0. The number of nitrogens with zero attached hydrogens (tertiary/aromatic N) is 4. The van der Waals surface area contributed by atoms with E-state index in [9.17, 15) is 4.39 Å². The maximum Gasteiger partial charge on any atom is 0.136 e. The van der Waals surface area contributed by atoms with Gasteiger partial charge in [-0.2, -0.15) is 0 Å². The minimum Gasteiger partial charge on any atom is -0.368 e. The van der Waals surface area contributed by atoms with Crippen molar-refractivity contribution in [2.24, 2.45) is 0 Å². The van der Waals surface area contributed by atoms with E-state index in [4.69, 9.17) is 0 Å². The van der Waals surface area contributed by atoms with E-state index in [1.165, 1.54) is 17.7 Å².